The standard InChI is InChI=1S/C42H30N2/c1-3-9-28(10-4-1)30-15-17-31(18-16-30)37-20-19-34(29-11-5-2-6-12-29)25-40(37)43-36-23-35-21-22-44-41-26-33-14-8-7-13-32(33)24-38(41)39(27-36)42(35)44/h1-7,9-13,15-27,43H,8,14H2. The molecule has 8 aromatic rings. The highest BCUT2D eigenvalue weighted by atomic mass is 14.9. The van der Waals surface area contributed by atoms with Crippen LogP contribution in [-0.2, 0) is 6.42 Å². The molecule has 0 bridgehead atoms. The molecule has 0 spiro atoms. The highest BCUT2D eigenvalue weighted by molar-refractivity contribution is 6.16. The van der Waals surface area contributed by atoms with Crippen LogP contribution < -0.4 is 5.32 Å². The summed E-state index contributed by atoms with van der Waals surface area (Å²) in [6.07, 6.45) is 9.04. The zero-order chi connectivity index (χ0) is 29.0. The molecule has 0 radical (unpaired) electrons. The lowest BCUT2D eigenvalue weighted by Crippen LogP contribution is -1.95. The first kappa shape index (κ1) is 24.9. The van der Waals surface area contributed by atoms with E-state index in [0.717, 1.165) is 24.2 Å². The maximum atomic E-state index is 3.88. The van der Waals surface area contributed by atoms with Crippen LogP contribution in [0.4, 0.5) is 11.4 Å². The molecule has 0 fully saturated rings. The van der Waals surface area contributed by atoms with Gasteiger partial charge in [0.15, 0.2) is 0 Å². The van der Waals surface area contributed by atoms with Crippen molar-refractivity contribution in [3.63, 3.8) is 0 Å². The maximum Gasteiger partial charge on any atom is 0.0609 e. The van der Waals surface area contributed by atoms with Gasteiger partial charge in [0, 0.05) is 39.3 Å². The lowest BCUT2D eigenvalue weighted by Gasteiger charge is -2.16. The van der Waals surface area contributed by atoms with E-state index >= 15 is 0 Å². The summed E-state index contributed by atoms with van der Waals surface area (Å²) < 4.78 is 2.37. The topological polar surface area (TPSA) is 16.4 Å². The Hall–Kier alpha value is -5.60. The summed E-state index contributed by atoms with van der Waals surface area (Å²) in [5, 5.41) is 7.74. The first-order chi connectivity index (χ1) is 21.8. The molecule has 1 aliphatic rings. The van der Waals surface area contributed by atoms with Gasteiger partial charge in [0.2, 0.25) is 0 Å². The molecule has 2 heterocycles. The normalized spacial score (nSPS) is 12.7. The Morgan fingerprint density at radius 2 is 1.27 bits per heavy atom. The Morgan fingerprint density at radius 1 is 0.568 bits per heavy atom. The van der Waals surface area contributed by atoms with E-state index in [9.17, 15) is 0 Å². The summed E-state index contributed by atoms with van der Waals surface area (Å²) in [7, 11) is 0. The van der Waals surface area contributed by atoms with Crippen LogP contribution in [0, 0.1) is 0 Å². The van der Waals surface area contributed by atoms with E-state index in [0.29, 0.717) is 0 Å². The quantitative estimate of drug-likeness (QED) is 0.221. The fraction of sp³-hybridized carbons (Fsp3) is 0.0476. The summed E-state index contributed by atoms with van der Waals surface area (Å²) in [4.78, 5) is 0. The average molecular weight is 563 g/mol. The number of hydrogen-bond donors (Lipinski definition) is 1. The van der Waals surface area contributed by atoms with Crippen molar-refractivity contribution in [2.24, 2.45) is 0 Å². The molecule has 2 aromatic heterocycles. The zero-order valence-electron chi connectivity index (χ0n) is 24.3. The molecule has 0 atom stereocenters. The molecular weight excluding hydrogens is 532 g/mol. The third kappa shape index (κ3) is 4.11. The highest BCUT2D eigenvalue weighted by Gasteiger charge is 2.17. The zero-order valence-corrected chi connectivity index (χ0v) is 24.3. The molecule has 9 rings (SSSR count). The molecule has 2 heteroatoms. The minimum absolute atomic E-state index is 1.09. The predicted molar refractivity (Wildman–Crippen MR) is 187 cm³/mol. The molecule has 6 aromatic carbocycles. The summed E-state index contributed by atoms with van der Waals surface area (Å²) in [5.41, 5.74) is 14.8. The van der Waals surface area contributed by atoms with Crippen LogP contribution in [0.25, 0.3) is 66.6 Å². The van der Waals surface area contributed by atoms with Crippen LogP contribution in [0.5, 0.6) is 0 Å². The molecule has 1 aliphatic carbocycles. The number of anilines is 2. The van der Waals surface area contributed by atoms with Crippen molar-refractivity contribution in [2.45, 2.75) is 12.8 Å². The maximum absolute atomic E-state index is 3.88. The van der Waals surface area contributed by atoms with Gasteiger partial charge in [0.25, 0.3) is 0 Å². The van der Waals surface area contributed by atoms with Crippen LogP contribution in [0.1, 0.15) is 17.5 Å². The molecule has 0 saturated heterocycles. The second kappa shape index (κ2) is 10.00. The predicted octanol–water partition coefficient (Wildman–Crippen LogP) is 11.4. The molecule has 0 saturated carbocycles. The minimum Gasteiger partial charge on any atom is -0.355 e. The number of allylic oxidation sites excluding steroid dienone is 1. The third-order valence-corrected chi connectivity index (χ3v) is 9.18. The first-order valence-electron chi connectivity index (χ1n) is 15.4. The second-order valence-electron chi connectivity index (χ2n) is 11.9. The lowest BCUT2D eigenvalue weighted by molar-refractivity contribution is 0.987. The van der Waals surface area contributed by atoms with Gasteiger partial charge in [-0.15, -0.1) is 0 Å². The van der Waals surface area contributed by atoms with E-state index in [-0.39, 0.29) is 0 Å². The molecule has 0 unspecified atom stereocenters. The Labute approximate surface area is 256 Å². The fourth-order valence-corrected chi connectivity index (χ4v) is 6.98. The number of rotatable bonds is 5. The van der Waals surface area contributed by atoms with Crippen LogP contribution in [0.2, 0.25) is 0 Å². The van der Waals surface area contributed by atoms with E-state index in [1.807, 2.05) is 0 Å². The number of aryl methyl sites for hydroxylation is 1. The van der Waals surface area contributed by atoms with Gasteiger partial charge in [-0.25, -0.2) is 0 Å². The number of aromatic nitrogens is 1. The van der Waals surface area contributed by atoms with E-state index in [2.05, 4.69) is 162 Å². The van der Waals surface area contributed by atoms with E-state index in [4.69, 9.17) is 0 Å². The van der Waals surface area contributed by atoms with Crippen molar-refractivity contribution in [2.75, 3.05) is 5.32 Å². The van der Waals surface area contributed by atoms with Crippen LogP contribution >= 0.6 is 0 Å². The van der Waals surface area contributed by atoms with E-state index in [1.165, 1.54) is 71.7 Å². The SMILES string of the molecule is C1=Cc2cc3c4cc(Nc5cc(-c6ccccc6)ccc5-c5ccc(-c6ccccc6)cc5)cc5ccn(c3cc2CC1)c54. The Kier molecular flexibility index (Phi) is 5.67. The van der Waals surface area contributed by atoms with Gasteiger partial charge in [0.1, 0.15) is 0 Å². The van der Waals surface area contributed by atoms with Gasteiger partial charge in [-0.2, -0.15) is 0 Å². The summed E-state index contributed by atoms with van der Waals surface area (Å²) >= 11 is 0. The van der Waals surface area contributed by atoms with Crippen LogP contribution in [-0.4, -0.2) is 4.40 Å². The number of hydrogen-bond acceptors (Lipinski definition) is 1. The van der Waals surface area contributed by atoms with Crippen molar-refractivity contribution in [3.05, 3.63) is 157 Å². The Morgan fingerprint density at radius 3 is 2.07 bits per heavy atom. The van der Waals surface area contributed by atoms with Gasteiger partial charge in [0.05, 0.1) is 11.0 Å². The van der Waals surface area contributed by atoms with Crippen molar-refractivity contribution in [1.29, 1.82) is 0 Å². The van der Waals surface area contributed by atoms with E-state index in [1.54, 1.807) is 0 Å². The van der Waals surface area contributed by atoms with Crippen molar-refractivity contribution in [1.82, 2.24) is 4.40 Å². The van der Waals surface area contributed by atoms with Crippen LogP contribution in [0.15, 0.2) is 146 Å². The number of benzene rings is 6. The number of fused-ring (bicyclic) bond motifs is 4. The number of nitrogens with zero attached hydrogens (tertiary/aromatic N) is 1. The molecule has 1 N–H and O–H groups in total. The van der Waals surface area contributed by atoms with Gasteiger partial charge in [-0.05, 0) is 88.2 Å². The lowest BCUT2D eigenvalue weighted by atomic mass is 9.95. The van der Waals surface area contributed by atoms with Gasteiger partial charge in [-0.3, -0.25) is 0 Å². The largest absolute Gasteiger partial charge is 0.355 e. The molecular formula is C42H30N2. The smallest absolute Gasteiger partial charge is 0.0609 e. The molecule has 44 heavy (non-hydrogen) atoms. The van der Waals surface area contributed by atoms with Crippen molar-refractivity contribution < 1.29 is 0 Å². The summed E-state index contributed by atoms with van der Waals surface area (Å²) in [6, 6.07) is 48.6. The minimum atomic E-state index is 1.09. The summed E-state index contributed by atoms with van der Waals surface area (Å²) in [6.45, 7) is 0. The van der Waals surface area contributed by atoms with E-state index < -0.39 is 0 Å². The number of nitrogens with one attached hydrogen (secondary N) is 1. The summed E-state index contributed by atoms with van der Waals surface area (Å²) in [5.74, 6) is 0. The molecule has 208 valence electrons. The molecule has 0 aliphatic heterocycles. The molecule has 0 amide bonds. The van der Waals surface area contributed by atoms with Gasteiger partial charge in [-0.1, -0.05) is 109 Å². The van der Waals surface area contributed by atoms with Crippen molar-refractivity contribution >= 4 is 44.6 Å². The average Bonchev–Trinajstić information content (AvgIpc) is 3.65. The van der Waals surface area contributed by atoms with Crippen LogP contribution in [0.3, 0.4) is 0 Å². The Balaban J connectivity index is 1.18. The third-order valence-electron chi connectivity index (χ3n) is 9.18. The van der Waals surface area contributed by atoms with Gasteiger partial charge >= 0.3 is 0 Å². The Bertz CT molecular complexity index is 2330. The van der Waals surface area contributed by atoms with Crippen molar-refractivity contribution in [3.8, 4) is 33.4 Å². The monoisotopic (exact) mass is 562 g/mol. The van der Waals surface area contributed by atoms with Gasteiger partial charge < -0.3 is 9.72 Å². The molecule has 2 nitrogen and oxygen atoms in total. The second-order valence-corrected chi connectivity index (χ2v) is 11.9. The first-order valence-corrected chi connectivity index (χ1v) is 15.4. The fourth-order valence-electron chi connectivity index (χ4n) is 6.98. The highest BCUT2D eigenvalue weighted by Crippen LogP contribution is 2.40.